The lowest BCUT2D eigenvalue weighted by Crippen LogP contribution is -2.44. The molecule has 0 spiro atoms. The molecule has 1 aromatic heterocycles. The summed E-state index contributed by atoms with van der Waals surface area (Å²) in [5, 5.41) is 2.85. The average molecular weight is 432 g/mol. The Kier molecular flexibility index (Phi) is 6.07. The van der Waals surface area contributed by atoms with Gasteiger partial charge in [0.05, 0.1) is 13.2 Å². The molecule has 0 aliphatic carbocycles. The lowest BCUT2D eigenvalue weighted by Gasteiger charge is -2.32. The molecular weight excluding hydrogens is 406 g/mol. The van der Waals surface area contributed by atoms with E-state index in [0.717, 1.165) is 61.9 Å². The van der Waals surface area contributed by atoms with Crippen LogP contribution in [0.5, 0.6) is 5.75 Å². The van der Waals surface area contributed by atoms with Crippen molar-refractivity contribution in [2.24, 2.45) is 11.5 Å². The number of nitrogens with zero attached hydrogens (tertiary/aromatic N) is 2. The first kappa shape index (κ1) is 20.5. The lowest BCUT2D eigenvalue weighted by molar-refractivity contribution is 0.0209. The molecule has 2 aliphatic rings. The van der Waals surface area contributed by atoms with E-state index in [4.69, 9.17) is 20.9 Å². The first-order valence-corrected chi connectivity index (χ1v) is 10.7. The molecule has 3 heterocycles. The van der Waals surface area contributed by atoms with Gasteiger partial charge in [-0.2, -0.15) is 0 Å². The number of thiophene rings is 1. The second-order valence-corrected chi connectivity index (χ2v) is 8.32. The maximum atomic E-state index is 11.3. The van der Waals surface area contributed by atoms with Crippen LogP contribution >= 0.6 is 11.3 Å². The smallest absolute Gasteiger partial charge is 0.407 e. The lowest BCUT2D eigenvalue weighted by atomic mass is 10.1. The Hall–Kier alpha value is -2.82. The van der Waals surface area contributed by atoms with Gasteiger partial charge in [-0.25, -0.2) is 9.59 Å². The normalized spacial score (nSPS) is 19.6. The fourth-order valence-electron chi connectivity index (χ4n) is 4.05. The van der Waals surface area contributed by atoms with Gasteiger partial charge in [-0.3, -0.25) is 10.2 Å². The molecule has 9 nitrogen and oxygen atoms in total. The van der Waals surface area contributed by atoms with Crippen molar-refractivity contribution in [1.82, 2.24) is 4.90 Å². The highest BCUT2D eigenvalue weighted by molar-refractivity contribution is 7.20. The number of amides is 3. The van der Waals surface area contributed by atoms with E-state index in [-0.39, 0.29) is 5.75 Å². The largest absolute Gasteiger partial charge is 0.410 e. The standard InChI is InChI=1S/C20H25N5O4S/c21-19(26)23-18-16(29-20(22)27)11-17(30-18)14-3-1-2-4-15(14)25-6-5-13(12-25)24-7-9-28-10-8-24/h1-4,11,13H,5-10,12H2,(H2,22,27)(H3,21,23,26). The van der Waals surface area contributed by atoms with Crippen molar-refractivity contribution in [3.05, 3.63) is 30.3 Å². The molecule has 0 saturated carbocycles. The minimum atomic E-state index is -0.951. The summed E-state index contributed by atoms with van der Waals surface area (Å²) in [6, 6.07) is 9.55. The van der Waals surface area contributed by atoms with Gasteiger partial charge in [0.15, 0.2) is 5.75 Å². The van der Waals surface area contributed by atoms with Crippen LogP contribution in [0.2, 0.25) is 0 Å². The number of benzene rings is 1. The summed E-state index contributed by atoms with van der Waals surface area (Å²) >= 11 is 1.29. The number of rotatable bonds is 5. The zero-order valence-electron chi connectivity index (χ0n) is 16.5. The number of hydrogen-bond acceptors (Lipinski definition) is 7. The molecular formula is C20H25N5O4S. The molecule has 5 N–H and O–H groups in total. The summed E-state index contributed by atoms with van der Waals surface area (Å²) in [6.07, 6.45) is 0.150. The van der Waals surface area contributed by atoms with Crippen molar-refractivity contribution in [3.63, 3.8) is 0 Å². The first-order chi connectivity index (χ1) is 14.5. The van der Waals surface area contributed by atoms with Gasteiger partial charge in [-0.15, -0.1) is 11.3 Å². The maximum absolute atomic E-state index is 11.3. The van der Waals surface area contributed by atoms with E-state index in [1.165, 1.54) is 11.3 Å². The minimum Gasteiger partial charge on any atom is -0.407 e. The monoisotopic (exact) mass is 431 g/mol. The molecule has 1 atom stereocenters. The van der Waals surface area contributed by atoms with Gasteiger partial charge in [-0.1, -0.05) is 18.2 Å². The SMILES string of the molecule is NC(=O)Nc1sc(-c2ccccc2N2CCC(N3CCOCC3)C2)cc1OC(N)=O. The maximum Gasteiger partial charge on any atom is 0.410 e. The molecule has 2 saturated heterocycles. The summed E-state index contributed by atoms with van der Waals surface area (Å²) in [6.45, 7) is 5.43. The number of para-hydroxylation sites is 1. The molecule has 1 aromatic carbocycles. The Morgan fingerprint density at radius 2 is 1.93 bits per heavy atom. The minimum absolute atomic E-state index is 0.184. The van der Waals surface area contributed by atoms with Crippen molar-refractivity contribution < 1.29 is 19.1 Å². The summed E-state index contributed by atoms with van der Waals surface area (Å²) in [5.41, 5.74) is 12.5. The van der Waals surface area contributed by atoms with Crippen LogP contribution in [0.25, 0.3) is 10.4 Å². The van der Waals surface area contributed by atoms with Crippen LogP contribution in [0.1, 0.15) is 6.42 Å². The highest BCUT2D eigenvalue weighted by Crippen LogP contribution is 2.44. The molecule has 3 amide bonds. The number of carbonyl (C=O) groups excluding carboxylic acids is 2. The average Bonchev–Trinajstić information content (AvgIpc) is 3.36. The third kappa shape index (κ3) is 4.50. The molecule has 10 heteroatoms. The summed E-state index contributed by atoms with van der Waals surface area (Å²) < 4.78 is 10.5. The van der Waals surface area contributed by atoms with Crippen molar-refractivity contribution in [1.29, 1.82) is 0 Å². The Labute approximate surface area is 178 Å². The van der Waals surface area contributed by atoms with Crippen molar-refractivity contribution in [3.8, 4) is 16.2 Å². The highest BCUT2D eigenvalue weighted by Gasteiger charge is 2.30. The molecule has 160 valence electrons. The first-order valence-electron chi connectivity index (χ1n) is 9.85. The molecule has 2 fully saturated rings. The van der Waals surface area contributed by atoms with Crippen LogP contribution in [-0.4, -0.2) is 62.5 Å². The van der Waals surface area contributed by atoms with Gasteiger partial charge in [0.2, 0.25) is 0 Å². The topological polar surface area (TPSA) is 123 Å². The fourth-order valence-corrected chi connectivity index (χ4v) is 5.07. The van der Waals surface area contributed by atoms with Crippen LogP contribution in [0, 0.1) is 0 Å². The van der Waals surface area contributed by atoms with Crippen LogP contribution in [0.4, 0.5) is 20.3 Å². The van der Waals surface area contributed by atoms with E-state index >= 15 is 0 Å². The van der Waals surface area contributed by atoms with E-state index < -0.39 is 12.1 Å². The second kappa shape index (κ2) is 8.90. The molecule has 30 heavy (non-hydrogen) atoms. The Balaban J connectivity index is 1.60. The predicted octanol–water partition coefficient (Wildman–Crippen LogP) is 2.27. The summed E-state index contributed by atoms with van der Waals surface area (Å²) in [4.78, 5) is 28.3. The summed E-state index contributed by atoms with van der Waals surface area (Å²) in [5.74, 6) is 0.184. The van der Waals surface area contributed by atoms with Gasteiger partial charge in [0.1, 0.15) is 5.00 Å². The van der Waals surface area contributed by atoms with Crippen LogP contribution in [0.15, 0.2) is 30.3 Å². The zero-order valence-corrected chi connectivity index (χ0v) is 17.3. The number of hydrogen-bond donors (Lipinski definition) is 3. The number of urea groups is 1. The number of ether oxygens (including phenoxy) is 2. The van der Waals surface area contributed by atoms with Gasteiger partial charge in [0, 0.05) is 54.4 Å². The van der Waals surface area contributed by atoms with Crippen LogP contribution in [-0.2, 0) is 4.74 Å². The number of nitrogens with two attached hydrogens (primary N) is 2. The molecule has 2 aromatic rings. The van der Waals surface area contributed by atoms with Crippen molar-refractivity contribution >= 4 is 34.1 Å². The number of carbonyl (C=O) groups is 2. The second-order valence-electron chi connectivity index (χ2n) is 7.27. The van der Waals surface area contributed by atoms with E-state index in [1.807, 2.05) is 18.2 Å². The molecule has 0 radical (unpaired) electrons. The Bertz CT molecular complexity index is 894. The van der Waals surface area contributed by atoms with Crippen LogP contribution < -0.4 is 26.4 Å². The van der Waals surface area contributed by atoms with E-state index in [1.54, 1.807) is 6.07 Å². The highest BCUT2D eigenvalue weighted by atomic mass is 32.1. The Morgan fingerprint density at radius 1 is 1.17 bits per heavy atom. The quantitative estimate of drug-likeness (QED) is 0.667. The van der Waals surface area contributed by atoms with Gasteiger partial charge in [-0.05, 0) is 12.5 Å². The third-order valence-electron chi connectivity index (χ3n) is 5.38. The van der Waals surface area contributed by atoms with Crippen molar-refractivity contribution in [2.75, 3.05) is 49.6 Å². The van der Waals surface area contributed by atoms with Crippen LogP contribution in [0.3, 0.4) is 0 Å². The van der Waals surface area contributed by atoms with E-state index in [2.05, 4.69) is 21.2 Å². The molecule has 1 unspecified atom stereocenters. The predicted molar refractivity (Wildman–Crippen MR) is 116 cm³/mol. The molecule has 4 rings (SSSR count). The van der Waals surface area contributed by atoms with E-state index in [0.29, 0.717) is 11.0 Å². The summed E-state index contributed by atoms with van der Waals surface area (Å²) in [7, 11) is 0. The number of primary amides is 2. The number of morpholine rings is 1. The fraction of sp³-hybridized carbons (Fsp3) is 0.400. The molecule has 0 bridgehead atoms. The molecule has 2 aliphatic heterocycles. The third-order valence-corrected chi connectivity index (χ3v) is 6.45. The van der Waals surface area contributed by atoms with Gasteiger partial charge in [0.25, 0.3) is 0 Å². The van der Waals surface area contributed by atoms with Gasteiger partial charge < -0.3 is 25.8 Å². The van der Waals surface area contributed by atoms with Crippen molar-refractivity contribution in [2.45, 2.75) is 12.5 Å². The Morgan fingerprint density at radius 3 is 2.67 bits per heavy atom. The van der Waals surface area contributed by atoms with E-state index in [9.17, 15) is 9.59 Å². The number of anilines is 2. The zero-order chi connectivity index (χ0) is 21.1. The number of nitrogens with one attached hydrogen (secondary N) is 1. The van der Waals surface area contributed by atoms with Gasteiger partial charge >= 0.3 is 12.1 Å².